The molecule has 0 spiro atoms. The summed E-state index contributed by atoms with van der Waals surface area (Å²) in [6.45, 7) is 2.66. The molecule has 6 rings (SSSR count). The first-order chi connectivity index (χ1) is 16.5. The quantitative estimate of drug-likeness (QED) is 0.468. The molecule has 0 amide bonds. The van der Waals surface area contributed by atoms with Crippen LogP contribution in [0.5, 0.6) is 5.75 Å². The van der Waals surface area contributed by atoms with Crippen LogP contribution >= 0.6 is 0 Å². The standard InChI is InChI=1S/C30H34O4/c1-20(18-31)19-34-28-10-7-22(4-3-21-5-8-26(9-6-21)29(32)33-2)14-27(28)30-15-23-11-24(16-30)13-25(12-23)17-30/h5-10,14,20,23-25,31H,11-13,15-19H2,1-2H3. The summed E-state index contributed by atoms with van der Waals surface area (Å²) >= 11 is 0. The second kappa shape index (κ2) is 9.47. The molecule has 34 heavy (non-hydrogen) atoms. The minimum Gasteiger partial charge on any atom is -0.493 e. The molecule has 2 aromatic rings. The molecule has 1 atom stereocenters. The third kappa shape index (κ3) is 4.59. The van der Waals surface area contributed by atoms with Gasteiger partial charge in [0.2, 0.25) is 0 Å². The van der Waals surface area contributed by atoms with Crippen molar-refractivity contribution in [2.45, 2.75) is 50.9 Å². The number of benzene rings is 2. The Morgan fingerprint density at radius 1 is 1.00 bits per heavy atom. The zero-order valence-electron chi connectivity index (χ0n) is 20.2. The van der Waals surface area contributed by atoms with Gasteiger partial charge in [-0.15, -0.1) is 0 Å². The van der Waals surface area contributed by atoms with Crippen molar-refractivity contribution in [3.8, 4) is 17.6 Å². The SMILES string of the molecule is COC(=O)c1ccc(C#Cc2ccc(OCC(C)CO)c(C34CC5CC(CC(C5)C3)C4)c2)cc1. The molecule has 178 valence electrons. The van der Waals surface area contributed by atoms with E-state index in [9.17, 15) is 9.90 Å². The highest BCUT2D eigenvalue weighted by atomic mass is 16.5. The van der Waals surface area contributed by atoms with Gasteiger partial charge < -0.3 is 14.6 Å². The number of hydrogen-bond acceptors (Lipinski definition) is 4. The first-order valence-corrected chi connectivity index (χ1v) is 12.6. The lowest BCUT2D eigenvalue weighted by molar-refractivity contribution is -0.00659. The lowest BCUT2D eigenvalue weighted by Gasteiger charge is -2.57. The average Bonchev–Trinajstić information content (AvgIpc) is 2.85. The summed E-state index contributed by atoms with van der Waals surface area (Å²) in [6.07, 6.45) is 7.98. The lowest BCUT2D eigenvalue weighted by Crippen LogP contribution is -2.48. The molecule has 1 N–H and O–H groups in total. The average molecular weight is 459 g/mol. The fraction of sp³-hybridized carbons (Fsp3) is 0.500. The Labute approximate surface area is 202 Å². The highest BCUT2D eigenvalue weighted by Crippen LogP contribution is 2.62. The van der Waals surface area contributed by atoms with Crippen LogP contribution in [0.3, 0.4) is 0 Å². The van der Waals surface area contributed by atoms with Gasteiger partial charge in [0.15, 0.2) is 0 Å². The Kier molecular flexibility index (Phi) is 6.40. The van der Waals surface area contributed by atoms with E-state index >= 15 is 0 Å². The summed E-state index contributed by atoms with van der Waals surface area (Å²) in [7, 11) is 1.38. The highest BCUT2D eigenvalue weighted by molar-refractivity contribution is 5.89. The molecule has 4 heteroatoms. The van der Waals surface area contributed by atoms with Crippen LogP contribution in [-0.4, -0.2) is 31.4 Å². The van der Waals surface area contributed by atoms with Crippen LogP contribution in [0.15, 0.2) is 42.5 Å². The van der Waals surface area contributed by atoms with Gasteiger partial charge in [0, 0.05) is 29.2 Å². The predicted molar refractivity (Wildman–Crippen MR) is 132 cm³/mol. The number of rotatable bonds is 6. The van der Waals surface area contributed by atoms with E-state index < -0.39 is 0 Å². The van der Waals surface area contributed by atoms with Gasteiger partial charge in [-0.25, -0.2) is 4.79 Å². The molecular weight excluding hydrogens is 424 g/mol. The van der Waals surface area contributed by atoms with E-state index in [-0.39, 0.29) is 23.9 Å². The van der Waals surface area contributed by atoms with Gasteiger partial charge in [0.05, 0.1) is 19.3 Å². The third-order valence-electron chi connectivity index (χ3n) is 8.08. The maximum absolute atomic E-state index is 11.7. The van der Waals surface area contributed by atoms with Crippen molar-refractivity contribution >= 4 is 5.97 Å². The summed E-state index contributed by atoms with van der Waals surface area (Å²) in [5, 5.41) is 9.47. The van der Waals surface area contributed by atoms with Crippen molar-refractivity contribution in [3.63, 3.8) is 0 Å². The fourth-order valence-electron chi connectivity index (χ4n) is 6.83. The van der Waals surface area contributed by atoms with Gasteiger partial charge >= 0.3 is 5.97 Å². The largest absolute Gasteiger partial charge is 0.493 e. The number of aliphatic hydroxyl groups is 1. The first kappa shape index (κ1) is 23.0. The summed E-state index contributed by atoms with van der Waals surface area (Å²) in [4.78, 5) is 11.7. The van der Waals surface area contributed by atoms with E-state index in [1.54, 1.807) is 12.1 Å². The normalized spacial score (nSPS) is 27.6. The number of hydrogen-bond donors (Lipinski definition) is 1. The van der Waals surface area contributed by atoms with Crippen molar-refractivity contribution in [3.05, 3.63) is 64.7 Å². The van der Waals surface area contributed by atoms with Crippen molar-refractivity contribution in [2.24, 2.45) is 23.7 Å². The van der Waals surface area contributed by atoms with Crippen molar-refractivity contribution < 1.29 is 19.4 Å². The molecule has 0 aromatic heterocycles. The maximum Gasteiger partial charge on any atom is 0.337 e. The van der Waals surface area contributed by atoms with E-state index in [1.165, 1.54) is 51.2 Å². The van der Waals surface area contributed by atoms with Gasteiger partial charge in [-0.1, -0.05) is 18.8 Å². The van der Waals surface area contributed by atoms with E-state index in [1.807, 2.05) is 25.1 Å². The van der Waals surface area contributed by atoms with Gasteiger partial charge in [0.1, 0.15) is 5.75 Å². The molecule has 0 radical (unpaired) electrons. The maximum atomic E-state index is 11.7. The molecule has 0 saturated heterocycles. The molecule has 4 aliphatic rings. The minimum absolute atomic E-state index is 0.108. The van der Waals surface area contributed by atoms with Crippen LogP contribution in [0.1, 0.15) is 72.5 Å². The molecule has 4 bridgehead atoms. The first-order valence-electron chi connectivity index (χ1n) is 12.6. The number of aliphatic hydroxyl groups excluding tert-OH is 1. The topological polar surface area (TPSA) is 55.8 Å². The van der Waals surface area contributed by atoms with Crippen molar-refractivity contribution in [1.29, 1.82) is 0 Å². The molecule has 0 aliphatic heterocycles. The van der Waals surface area contributed by atoms with Gasteiger partial charge in [-0.05, 0) is 104 Å². The number of methoxy groups -OCH3 is 1. The Hall–Kier alpha value is -2.77. The number of carbonyl (C=O) groups excluding carboxylic acids is 1. The highest BCUT2D eigenvalue weighted by Gasteiger charge is 2.52. The Bertz CT molecular complexity index is 1070. The van der Waals surface area contributed by atoms with E-state index in [4.69, 9.17) is 9.47 Å². The number of ether oxygens (including phenoxy) is 2. The van der Waals surface area contributed by atoms with E-state index in [0.29, 0.717) is 12.2 Å². The predicted octanol–water partition coefficient (Wildman–Crippen LogP) is 5.35. The summed E-state index contributed by atoms with van der Waals surface area (Å²) in [6, 6.07) is 13.6. The number of carbonyl (C=O) groups is 1. The third-order valence-corrected chi connectivity index (χ3v) is 8.08. The molecule has 4 aliphatic carbocycles. The zero-order chi connectivity index (χ0) is 23.7. The van der Waals surface area contributed by atoms with Crippen LogP contribution in [0.25, 0.3) is 0 Å². The van der Waals surface area contributed by atoms with E-state index in [2.05, 4.69) is 24.0 Å². The van der Waals surface area contributed by atoms with Gasteiger partial charge in [-0.3, -0.25) is 0 Å². The Morgan fingerprint density at radius 2 is 1.59 bits per heavy atom. The number of esters is 1. The van der Waals surface area contributed by atoms with Crippen LogP contribution in [-0.2, 0) is 10.2 Å². The van der Waals surface area contributed by atoms with E-state index in [0.717, 1.165) is 34.6 Å². The second-order valence-electron chi connectivity index (χ2n) is 10.8. The second-order valence-corrected chi connectivity index (χ2v) is 10.8. The Balaban J connectivity index is 1.45. The van der Waals surface area contributed by atoms with Crippen LogP contribution in [0, 0.1) is 35.5 Å². The minimum atomic E-state index is -0.342. The molecular formula is C30H34O4. The molecule has 4 fully saturated rings. The molecule has 4 saturated carbocycles. The molecule has 0 heterocycles. The smallest absolute Gasteiger partial charge is 0.337 e. The Morgan fingerprint density at radius 3 is 2.18 bits per heavy atom. The van der Waals surface area contributed by atoms with Crippen molar-refractivity contribution in [1.82, 2.24) is 0 Å². The van der Waals surface area contributed by atoms with Gasteiger partial charge in [0.25, 0.3) is 0 Å². The summed E-state index contributed by atoms with van der Waals surface area (Å²) in [5.74, 6) is 9.86. The lowest BCUT2D eigenvalue weighted by atomic mass is 9.48. The zero-order valence-corrected chi connectivity index (χ0v) is 20.2. The van der Waals surface area contributed by atoms with Crippen LogP contribution in [0.4, 0.5) is 0 Å². The molecule has 4 nitrogen and oxygen atoms in total. The van der Waals surface area contributed by atoms with Crippen LogP contribution < -0.4 is 4.74 Å². The fourth-order valence-corrected chi connectivity index (χ4v) is 6.83. The monoisotopic (exact) mass is 458 g/mol. The molecule has 2 aromatic carbocycles. The molecule has 1 unspecified atom stereocenters. The summed E-state index contributed by atoms with van der Waals surface area (Å²) < 4.78 is 11.1. The van der Waals surface area contributed by atoms with Crippen molar-refractivity contribution in [2.75, 3.05) is 20.3 Å². The van der Waals surface area contributed by atoms with Gasteiger partial charge in [-0.2, -0.15) is 0 Å². The van der Waals surface area contributed by atoms with Crippen LogP contribution in [0.2, 0.25) is 0 Å². The summed E-state index contributed by atoms with van der Waals surface area (Å²) in [5.41, 5.74) is 3.90.